The average Bonchev–Trinajstić information content (AvgIpc) is 2.30. The summed E-state index contributed by atoms with van der Waals surface area (Å²) in [5, 5.41) is 8.94. The molecule has 1 aromatic carbocycles. The quantitative estimate of drug-likeness (QED) is 0.798. The average molecular weight is 222 g/mol. The Morgan fingerprint density at radius 1 is 1.31 bits per heavy atom. The fourth-order valence-corrected chi connectivity index (χ4v) is 1.19. The minimum atomic E-state index is -0.970. The van der Waals surface area contributed by atoms with E-state index in [0.29, 0.717) is 11.3 Å². The molecule has 0 spiro atoms. The van der Waals surface area contributed by atoms with Gasteiger partial charge in [0.2, 0.25) is 0 Å². The molecule has 1 N–H and O–H groups in total. The van der Waals surface area contributed by atoms with Crippen molar-refractivity contribution in [3.63, 3.8) is 0 Å². The van der Waals surface area contributed by atoms with Crippen LogP contribution >= 0.6 is 0 Å². The number of methoxy groups -OCH3 is 1. The molecule has 1 aromatic rings. The lowest BCUT2D eigenvalue weighted by molar-refractivity contribution is 0.0696. The fraction of sp³-hybridized carbons (Fsp3) is 0.308. The van der Waals surface area contributed by atoms with Crippen LogP contribution in [0, 0.1) is 6.92 Å². The summed E-state index contributed by atoms with van der Waals surface area (Å²) in [5.74, 6) is -0.607. The van der Waals surface area contributed by atoms with Crippen LogP contribution in [0.2, 0.25) is 0 Å². The van der Waals surface area contributed by atoms with Crippen molar-refractivity contribution in [2.75, 3.05) is 7.11 Å². The summed E-state index contributed by atoms with van der Waals surface area (Å²) in [6.07, 6.45) is 0. The van der Waals surface area contributed by atoms with E-state index in [1.54, 1.807) is 12.1 Å². The lowest BCUT2D eigenvalue weighted by Gasteiger charge is -2.08. The van der Waals surface area contributed by atoms with E-state index in [1.165, 1.54) is 7.11 Å². The van der Waals surface area contributed by atoms with Crippen LogP contribution in [0.15, 0.2) is 24.8 Å². The molecule has 0 bridgehead atoms. The Bertz CT molecular complexity index is 381. The summed E-state index contributed by atoms with van der Waals surface area (Å²) in [6.45, 7) is 9.47. The van der Waals surface area contributed by atoms with Crippen LogP contribution in [-0.4, -0.2) is 18.2 Å². The van der Waals surface area contributed by atoms with Gasteiger partial charge in [0.05, 0.1) is 12.7 Å². The van der Waals surface area contributed by atoms with E-state index in [-0.39, 0.29) is 5.56 Å². The number of hydrogen-bond donors (Lipinski definition) is 1. The minimum absolute atomic E-state index is 0.219. The van der Waals surface area contributed by atoms with Gasteiger partial charge in [-0.1, -0.05) is 38.1 Å². The third-order valence-corrected chi connectivity index (χ3v) is 1.95. The number of ether oxygens (including phenoxy) is 1. The monoisotopic (exact) mass is 222 g/mol. The van der Waals surface area contributed by atoms with Gasteiger partial charge >= 0.3 is 5.97 Å². The molecule has 0 aromatic heterocycles. The number of benzene rings is 1. The third-order valence-electron chi connectivity index (χ3n) is 1.95. The smallest absolute Gasteiger partial charge is 0.336 e. The fourth-order valence-electron chi connectivity index (χ4n) is 1.19. The zero-order valence-electron chi connectivity index (χ0n) is 10.2. The van der Waals surface area contributed by atoms with Crippen molar-refractivity contribution in [2.45, 2.75) is 20.8 Å². The number of hydrogen-bond acceptors (Lipinski definition) is 2. The Hall–Kier alpha value is -1.77. The zero-order valence-corrected chi connectivity index (χ0v) is 10.2. The highest BCUT2D eigenvalue weighted by Gasteiger charge is 2.12. The number of carbonyl (C=O) groups is 1. The molecule has 3 heteroatoms. The first kappa shape index (κ1) is 14.2. The van der Waals surface area contributed by atoms with Gasteiger partial charge in [-0.25, -0.2) is 4.79 Å². The van der Waals surface area contributed by atoms with E-state index in [1.807, 2.05) is 26.8 Å². The van der Waals surface area contributed by atoms with Crippen molar-refractivity contribution in [1.29, 1.82) is 0 Å². The first-order valence-corrected chi connectivity index (χ1v) is 5.13. The van der Waals surface area contributed by atoms with E-state index in [4.69, 9.17) is 9.84 Å². The number of carboxylic acid groups (broad SMARTS) is 1. The lowest BCUT2D eigenvalue weighted by Crippen LogP contribution is -2.02. The second-order valence-electron chi connectivity index (χ2n) is 2.98. The van der Waals surface area contributed by atoms with Gasteiger partial charge in [-0.05, 0) is 13.0 Å². The molecule has 0 atom stereocenters. The molecule has 1 rings (SSSR count). The Morgan fingerprint density at radius 2 is 1.88 bits per heavy atom. The first-order chi connectivity index (χ1) is 7.56. The van der Waals surface area contributed by atoms with Crippen LogP contribution in [0.3, 0.4) is 0 Å². The summed E-state index contributed by atoms with van der Waals surface area (Å²) >= 11 is 0. The van der Waals surface area contributed by atoms with Crippen LogP contribution in [-0.2, 0) is 4.74 Å². The Labute approximate surface area is 96.4 Å². The third kappa shape index (κ3) is 3.42. The zero-order chi connectivity index (χ0) is 12.7. The maximum atomic E-state index is 10.9. The summed E-state index contributed by atoms with van der Waals surface area (Å²) < 4.78 is 4.91. The Balaban J connectivity index is 0.00000106. The van der Waals surface area contributed by atoms with E-state index < -0.39 is 5.97 Å². The molecule has 0 fully saturated rings. The first-order valence-electron chi connectivity index (χ1n) is 5.13. The summed E-state index contributed by atoms with van der Waals surface area (Å²) in [7, 11) is 1.47. The summed E-state index contributed by atoms with van der Waals surface area (Å²) in [5.41, 5.74) is 1.64. The molecule has 0 radical (unpaired) electrons. The molecule has 3 nitrogen and oxygen atoms in total. The van der Waals surface area contributed by atoms with E-state index in [9.17, 15) is 4.79 Å². The molecule has 0 amide bonds. The number of rotatable bonds is 3. The summed E-state index contributed by atoms with van der Waals surface area (Å²) in [6, 6.07) is 5.12. The van der Waals surface area contributed by atoms with Crippen molar-refractivity contribution in [2.24, 2.45) is 0 Å². The molecule has 0 heterocycles. The molecule has 88 valence electrons. The van der Waals surface area contributed by atoms with Gasteiger partial charge in [-0.2, -0.15) is 0 Å². The molecular formula is C13H18O3. The van der Waals surface area contributed by atoms with Gasteiger partial charge in [0.1, 0.15) is 5.76 Å². The van der Waals surface area contributed by atoms with Crippen LogP contribution in [0.1, 0.15) is 35.3 Å². The standard InChI is InChI=1S/C11H12O3.C2H6/c1-7-4-5-9(8(2)14-3)10(6-7)11(12)13;1-2/h4-6H,2H2,1,3H3,(H,12,13);1-2H3. The molecule has 0 aliphatic heterocycles. The molecule has 0 saturated carbocycles. The summed E-state index contributed by atoms with van der Waals surface area (Å²) in [4.78, 5) is 10.9. The predicted molar refractivity (Wildman–Crippen MR) is 65.5 cm³/mol. The van der Waals surface area contributed by atoms with Gasteiger partial charge in [0, 0.05) is 5.56 Å². The van der Waals surface area contributed by atoms with E-state index in [2.05, 4.69) is 6.58 Å². The maximum Gasteiger partial charge on any atom is 0.336 e. The van der Waals surface area contributed by atoms with Crippen molar-refractivity contribution < 1.29 is 14.6 Å². The molecule has 0 aliphatic carbocycles. The molecule has 16 heavy (non-hydrogen) atoms. The highest BCUT2D eigenvalue weighted by Crippen LogP contribution is 2.19. The van der Waals surface area contributed by atoms with E-state index >= 15 is 0 Å². The number of aromatic carboxylic acids is 1. The van der Waals surface area contributed by atoms with Crippen LogP contribution < -0.4 is 0 Å². The SMILES string of the molecule is C=C(OC)c1ccc(C)cc1C(=O)O.CC. The number of aryl methyl sites for hydroxylation is 1. The molecular weight excluding hydrogens is 204 g/mol. The van der Waals surface area contributed by atoms with Crippen molar-refractivity contribution in [1.82, 2.24) is 0 Å². The highest BCUT2D eigenvalue weighted by molar-refractivity contribution is 5.93. The predicted octanol–water partition coefficient (Wildman–Crippen LogP) is 3.34. The van der Waals surface area contributed by atoms with Crippen LogP contribution in [0.25, 0.3) is 5.76 Å². The molecule has 0 aliphatic rings. The minimum Gasteiger partial charge on any atom is -0.497 e. The van der Waals surface area contributed by atoms with Crippen LogP contribution in [0.4, 0.5) is 0 Å². The van der Waals surface area contributed by atoms with Gasteiger partial charge in [0.25, 0.3) is 0 Å². The molecule has 0 saturated heterocycles. The normalized spacial score (nSPS) is 8.75. The Kier molecular flexibility index (Phi) is 5.93. The largest absolute Gasteiger partial charge is 0.497 e. The van der Waals surface area contributed by atoms with Crippen molar-refractivity contribution in [3.05, 3.63) is 41.5 Å². The van der Waals surface area contributed by atoms with Crippen LogP contribution in [0.5, 0.6) is 0 Å². The second kappa shape index (κ2) is 6.67. The second-order valence-corrected chi connectivity index (χ2v) is 2.98. The van der Waals surface area contributed by atoms with Crippen molar-refractivity contribution >= 4 is 11.7 Å². The topological polar surface area (TPSA) is 46.5 Å². The molecule has 0 unspecified atom stereocenters. The van der Waals surface area contributed by atoms with Gasteiger partial charge in [-0.3, -0.25) is 0 Å². The van der Waals surface area contributed by atoms with Gasteiger partial charge < -0.3 is 9.84 Å². The Morgan fingerprint density at radius 3 is 2.31 bits per heavy atom. The highest BCUT2D eigenvalue weighted by atomic mass is 16.5. The van der Waals surface area contributed by atoms with Gasteiger partial charge in [-0.15, -0.1) is 0 Å². The van der Waals surface area contributed by atoms with Gasteiger partial charge in [0.15, 0.2) is 0 Å². The number of carboxylic acids is 1. The maximum absolute atomic E-state index is 10.9. The van der Waals surface area contributed by atoms with Crippen molar-refractivity contribution in [3.8, 4) is 0 Å². The van der Waals surface area contributed by atoms with E-state index in [0.717, 1.165) is 5.56 Å². The lowest BCUT2D eigenvalue weighted by atomic mass is 10.0.